The van der Waals surface area contributed by atoms with E-state index in [1.807, 2.05) is 25.2 Å². The molecular formula is C26H38F3N5O4. The summed E-state index contributed by atoms with van der Waals surface area (Å²) in [5.41, 5.74) is -1.72. The first-order chi connectivity index (χ1) is 17.4. The Balaban J connectivity index is 1.77. The molecular weight excluding hydrogens is 503 g/mol. The maximum absolute atomic E-state index is 13.6. The van der Waals surface area contributed by atoms with Crippen LogP contribution in [0.3, 0.4) is 0 Å². The third kappa shape index (κ3) is 6.59. The highest BCUT2D eigenvalue weighted by Gasteiger charge is 2.54. The van der Waals surface area contributed by atoms with Crippen LogP contribution in [0.15, 0.2) is 0 Å². The second kappa shape index (κ2) is 10.4. The van der Waals surface area contributed by atoms with Gasteiger partial charge >= 0.3 is 12.1 Å². The fourth-order valence-corrected chi connectivity index (χ4v) is 5.67. The number of amides is 4. The SMILES string of the molecule is CC1(C)CC[C@@H](C[C@@H](C#N)NC(=O)C2CC3(CCC3)CN2C(=O)[C@@H](NC(=O)C(F)(F)F)C(C)(C)C)C(=O)N1. The van der Waals surface area contributed by atoms with E-state index in [-0.39, 0.29) is 29.8 Å². The number of alkyl halides is 3. The highest BCUT2D eigenvalue weighted by Crippen LogP contribution is 2.50. The average Bonchev–Trinajstić information content (AvgIpc) is 3.18. The van der Waals surface area contributed by atoms with Crippen LogP contribution in [0.25, 0.3) is 0 Å². The normalized spacial score (nSPS) is 26.0. The lowest BCUT2D eigenvalue weighted by atomic mass is 9.67. The zero-order valence-corrected chi connectivity index (χ0v) is 22.6. The van der Waals surface area contributed by atoms with Gasteiger partial charge in [-0.2, -0.15) is 18.4 Å². The van der Waals surface area contributed by atoms with E-state index in [4.69, 9.17) is 0 Å². The van der Waals surface area contributed by atoms with Crippen molar-refractivity contribution in [2.75, 3.05) is 6.54 Å². The Morgan fingerprint density at radius 3 is 2.26 bits per heavy atom. The van der Waals surface area contributed by atoms with Crippen molar-refractivity contribution in [2.45, 2.75) is 109 Å². The van der Waals surface area contributed by atoms with E-state index >= 15 is 0 Å². The zero-order valence-electron chi connectivity index (χ0n) is 22.6. The number of piperidine rings is 1. The first kappa shape index (κ1) is 29.7. The van der Waals surface area contributed by atoms with Crippen molar-refractivity contribution in [2.24, 2.45) is 16.7 Å². The molecule has 4 amide bonds. The molecule has 1 aliphatic carbocycles. The number of carbonyl (C=O) groups is 4. The van der Waals surface area contributed by atoms with Crippen molar-refractivity contribution in [3.8, 4) is 6.07 Å². The predicted molar refractivity (Wildman–Crippen MR) is 131 cm³/mol. The van der Waals surface area contributed by atoms with Gasteiger partial charge in [-0.3, -0.25) is 19.2 Å². The summed E-state index contributed by atoms with van der Waals surface area (Å²) in [5, 5.41) is 17.1. The summed E-state index contributed by atoms with van der Waals surface area (Å²) in [6.45, 7) is 8.63. The summed E-state index contributed by atoms with van der Waals surface area (Å²) >= 11 is 0. The second-order valence-electron chi connectivity index (χ2n) is 12.8. The monoisotopic (exact) mass is 541 g/mol. The van der Waals surface area contributed by atoms with Crippen molar-refractivity contribution in [1.29, 1.82) is 5.26 Å². The lowest BCUT2D eigenvalue weighted by Crippen LogP contribution is -2.60. The molecule has 2 saturated heterocycles. The van der Waals surface area contributed by atoms with Crippen LogP contribution in [0.2, 0.25) is 0 Å². The second-order valence-corrected chi connectivity index (χ2v) is 12.8. The van der Waals surface area contributed by atoms with Crippen LogP contribution >= 0.6 is 0 Å². The van der Waals surface area contributed by atoms with E-state index in [9.17, 15) is 37.6 Å². The highest BCUT2D eigenvalue weighted by molar-refractivity contribution is 5.94. The number of likely N-dealkylation sites (tertiary alicyclic amines) is 1. The van der Waals surface area contributed by atoms with E-state index in [1.165, 1.54) is 4.90 Å². The molecule has 212 valence electrons. The van der Waals surface area contributed by atoms with Crippen LogP contribution in [0, 0.1) is 28.1 Å². The third-order valence-electron chi connectivity index (χ3n) is 8.10. The number of nitriles is 1. The number of carbonyl (C=O) groups excluding carboxylic acids is 4. The number of hydrogen-bond acceptors (Lipinski definition) is 5. The minimum Gasteiger partial charge on any atom is -0.351 e. The van der Waals surface area contributed by atoms with E-state index in [0.29, 0.717) is 12.8 Å². The maximum Gasteiger partial charge on any atom is 0.471 e. The average molecular weight is 542 g/mol. The van der Waals surface area contributed by atoms with Gasteiger partial charge in [-0.25, -0.2) is 0 Å². The third-order valence-corrected chi connectivity index (χ3v) is 8.10. The van der Waals surface area contributed by atoms with Crippen molar-refractivity contribution in [3.63, 3.8) is 0 Å². The molecule has 9 nitrogen and oxygen atoms in total. The van der Waals surface area contributed by atoms with Gasteiger partial charge in [0, 0.05) is 18.0 Å². The van der Waals surface area contributed by atoms with Gasteiger partial charge in [-0.1, -0.05) is 27.2 Å². The summed E-state index contributed by atoms with van der Waals surface area (Å²) < 4.78 is 39.0. The van der Waals surface area contributed by atoms with Crippen LogP contribution in [-0.2, 0) is 19.2 Å². The Hall–Kier alpha value is -2.84. The molecule has 1 spiro atoms. The summed E-state index contributed by atoms with van der Waals surface area (Å²) in [6, 6.07) is -1.45. The Bertz CT molecular complexity index is 1010. The molecule has 0 aromatic rings. The van der Waals surface area contributed by atoms with Gasteiger partial charge in [0.15, 0.2) is 0 Å². The van der Waals surface area contributed by atoms with Crippen LogP contribution in [-0.4, -0.2) is 64.9 Å². The summed E-state index contributed by atoms with van der Waals surface area (Å²) in [5.74, 6) is -4.20. The smallest absolute Gasteiger partial charge is 0.351 e. The largest absolute Gasteiger partial charge is 0.471 e. The molecule has 0 aromatic carbocycles. The van der Waals surface area contributed by atoms with E-state index < -0.39 is 53.4 Å². The van der Waals surface area contributed by atoms with Gasteiger partial charge in [0.05, 0.1) is 6.07 Å². The standard InChI is InChI=1S/C26H38F3N5O4/c1-23(2,3)18(32-22(38)26(27,28)29)21(37)34-14-25(8-6-9-25)12-17(34)20(36)31-16(13-30)11-15-7-10-24(4,5)33-19(15)35/h15-18H,6-12,14H2,1-5H3,(H,31,36)(H,32,38)(H,33,35)/t15-,16-,17?,18+/m0/s1. The topological polar surface area (TPSA) is 131 Å². The predicted octanol–water partition coefficient (Wildman–Crippen LogP) is 2.55. The van der Waals surface area contributed by atoms with E-state index in [1.54, 1.807) is 20.8 Å². The molecule has 3 N–H and O–H groups in total. The number of nitrogens with one attached hydrogen (secondary N) is 3. The van der Waals surface area contributed by atoms with Crippen LogP contribution in [0.1, 0.15) is 79.6 Å². The van der Waals surface area contributed by atoms with Crippen LogP contribution in [0.5, 0.6) is 0 Å². The van der Waals surface area contributed by atoms with Gasteiger partial charge in [-0.05, 0) is 63.2 Å². The summed E-state index contributed by atoms with van der Waals surface area (Å²) in [7, 11) is 0. The van der Waals surface area contributed by atoms with Gasteiger partial charge in [0.1, 0.15) is 18.1 Å². The minimum absolute atomic E-state index is 0.113. The summed E-state index contributed by atoms with van der Waals surface area (Å²) in [4.78, 5) is 52.5. The quantitative estimate of drug-likeness (QED) is 0.476. The molecule has 2 heterocycles. The lowest BCUT2D eigenvalue weighted by Gasteiger charge is -2.39. The molecule has 1 unspecified atom stereocenters. The first-order valence-electron chi connectivity index (χ1n) is 13.1. The number of halogens is 3. The van der Waals surface area contributed by atoms with Crippen molar-refractivity contribution in [3.05, 3.63) is 0 Å². The number of hydrogen-bond donors (Lipinski definition) is 3. The Morgan fingerprint density at radius 2 is 1.79 bits per heavy atom. The van der Waals surface area contributed by atoms with Crippen molar-refractivity contribution >= 4 is 23.6 Å². The molecule has 0 bridgehead atoms. The zero-order chi connectivity index (χ0) is 28.7. The van der Waals surface area contributed by atoms with E-state index in [0.717, 1.165) is 25.7 Å². The molecule has 1 saturated carbocycles. The van der Waals surface area contributed by atoms with Gasteiger partial charge in [0.25, 0.3) is 0 Å². The maximum atomic E-state index is 13.6. The van der Waals surface area contributed by atoms with Gasteiger partial charge in [0.2, 0.25) is 17.7 Å². The fourth-order valence-electron chi connectivity index (χ4n) is 5.67. The molecule has 12 heteroatoms. The fraction of sp³-hybridized carbons (Fsp3) is 0.808. The van der Waals surface area contributed by atoms with E-state index in [2.05, 4.69) is 10.6 Å². The molecule has 3 rings (SSSR count). The number of nitrogens with zero attached hydrogens (tertiary/aromatic N) is 2. The molecule has 4 atom stereocenters. The van der Waals surface area contributed by atoms with Crippen LogP contribution < -0.4 is 16.0 Å². The lowest BCUT2D eigenvalue weighted by molar-refractivity contribution is -0.176. The minimum atomic E-state index is -5.17. The Kier molecular flexibility index (Phi) is 8.11. The van der Waals surface area contributed by atoms with Crippen LogP contribution in [0.4, 0.5) is 13.2 Å². The highest BCUT2D eigenvalue weighted by atomic mass is 19.4. The summed E-state index contributed by atoms with van der Waals surface area (Å²) in [6.07, 6.45) is -0.978. The molecule has 3 aliphatic rings. The number of rotatable bonds is 6. The molecule has 3 fully saturated rings. The van der Waals surface area contributed by atoms with Crippen molar-refractivity contribution < 1.29 is 32.3 Å². The Morgan fingerprint density at radius 1 is 1.16 bits per heavy atom. The first-order valence-corrected chi connectivity index (χ1v) is 13.1. The Labute approximate surface area is 221 Å². The van der Waals surface area contributed by atoms with Gasteiger partial charge < -0.3 is 20.9 Å². The molecule has 0 aromatic heterocycles. The molecule has 2 aliphatic heterocycles. The van der Waals surface area contributed by atoms with Gasteiger partial charge in [-0.15, -0.1) is 0 Å². The molecule has 0 radical (unpaired) electrons. The molecule has 38 heavy (non-hydrogen) atoms. The van der Waals surface area contributed by atoms with Crippen molar-refractivity contribution in [1.82, 2.24) is 20.9 Å².